The zero-order valence-corrected chi connectivity index (χ0v) is 18.6. The second-order valence-electron chi connectivity index (χ2n) is 7.89. The maximum absolute atomic E-state index is 13.4. The average molecular weight is 449 g/mol. The van der Waals surface area contributed by atoms with Crippen molar-refractivity contribution in [1.29, 1.82) is 0 Å². The molecule has 1 fully saturated rings. The summed E-state index contributed by atoms with van der Waals surface area (Å²) in [4.78, 5) is 15.3. The number of benzene rings is 2. The Kier molecular flexibility index (Phi) is 5.79. The van der Waals surface area contributed by atoms with Crippen LogP contribution in [0.4, 0.5) is 5.69 Å². The number of carbonyl (C=O) groups is 1. The summed E-state index contributed by atoms with van der Waals surface area (Å²) in [6.07, 6.45) is 2.14. The number of anilines is 1. The van der Waals surface area contributed by atoms with Crippen LogP contribution >= 0.6 is 11.6 Å². The van der Waals surface area contributed by atoms with Gasteiger partial charge in [-0.15, -0.1) is 0 Å². The highest BCUT2D eigenvalue weighted by Crippen LogP contribution is 2.35. The number of amides is 1. The minimum atomic E-state index is -3.75. The summed E-state index contributed by atoms with van der Waals surface area (Å²) in [5.41, 5.74) is 2.10. The molecule has 2 atom stereocenters. The number of methoxy groups -OCH3 is 1. The molecule has 0 radical (unpaired) electrons. The van der Waals surface area contributed by atoms with Gasteiger partial charge in [-0.1, -0.05) is 29.8 Å². The van der Waals surface area contributed by atoms with Gasteiger partial charge in [0.15, 0.2) is 0 Å². The largest absolute Gasteiger partial charge is 0.495 e. The van der Waals surface area contributed by atoms with Gasteiger partial charge in [-0.2, -0.15) is 4.31 Å². The van der Waals surface area contributed by atoms with E-state index in [1.165, 1.54) is 23.5 Å². The number of hydrogen-bond acceptors (Lipinski definition) is 4. The summed E-state index contributed by atoms with van der Waals surface area (Å²) in [5, 5.41) is 0.241. The zero-order chi connectivity index (χ0) is 21.5. The molecule has 2 aromatic rings. The highest BCUT2D eigenvalue weighted by Gasteiger charge is 2.39. The average Bonchev–Trinajstić information content (AvgIpc) is 3.08. The molecule has 1 amide bonds. The number of sulfonamides is 1. The highest BCUT2D eigenvalue weighted by molar-refractivity contribution is 7.89. The van der Waals surface area contributed by atoms with E-state index in [-0.39, 0.29) is 34.3 Å². The van der Waals surface area contributed by atoms with Crippen LogP contribution < -0.4 is 9.64 Å². The second-order valence-corrected chi connectivity index (χ2v) is 10.2. The number of fused-ring (bicyclic) bond motifs is 1. The van der Waals surface area contributed by atoms with Crippen molar-refractivity contribution in [3.8, 4) is 5.75 Å². The van der Waals surface area contributed by atoms with Crippen LogP contribution in [0, 0.1) is 5.92 Å². The van der Waals surface area contributed by atoms with Gasteiger partial charge in [-0.25, -0.2) is 8.42 Å². The van der Waals surface area contributed by atoms with E-state index in [4.69, 9.17) is 16.3 Å². The van der Waals surface area contributed by atoms with Crippen molar-refractivity contribution >= 4 is 33.2 Å². The van der Waals surface area contributed by atoms with E-state index in [2.05, 4.69) is 0 Å². The fraction of sp³-hybridized carbons (Fsp3) is 0.409. The van der Waals surface area contributed by atoms with Crippen molar-refractivity contribution in [2.24, 2.45) is 5.92 Å². The maximum atomic E-state index is 13.4. The van der Waals surface area contributed by atoms with Gasteiger partial charge in [0.1, 0.15) is 5.75 Å². The van der Waals surface area contributed by atoms with E-state index in [0.29, 0.717) is 25.1 Å². The van der Waals surface area contributed by atoms with Gasteiger partial charge >= 0.3 is 0 Å². The van der Waals surface area contributed by atoms with Gasteiger partial charge in [-0.05, 0) is 56.0 Å². The van der Waals surface area contributed by atoms with Gasteiger partial charge in [0, 0.05) is 24.8 Å². The number of piperidine rings is 1. The number of para-hydroxylation sites is 1. The number of hydrogen-bond donors (Lipinski definition) is 0. The summed E-state index contributed by atoms with van der Waals surface area (Å²) in [6, 6.07) is 12.4. The summed E-state index contributed by atoms with van der Waals surface area (Å²) in [7, 11) is -2.27. The van der Waals surface area contributed by atoms with Crippen LogP contribution in [0.1, 0.15) is 25.3 Å². The first kappa shape index (κ1) is 21.2. The fourth-order valence-corrected chi connectivity index (χ4v) is 6.29. The Morgan fingerprint density at radius 1 is 1.20 bits per heavy atom. The number of halogens is 1. The van der Waals surface area contributed by atoms with Crippen molar-refractivity contribution in [2.75, 3.05) is 25.1 Å². The molecular weight excluding hydrogens is 424 g/mol. The highest BCUT2D eigenvalue weighted by atomic mass is 35.5. The molecule has 0 unspecified atom stereocenters. The Morgan fingerprint density at radius 3 is 2.70 bits per heavy atom. The van der Waals surface area contributed by atoms with E-state index in [1.54, 1.807) is 6.07 Å². The molecule has 2 heterocycles. The molecule has 0 bridgehead atoms. The van der Waals surface area contributed by atoms with Crippen molar-refractivity contribution in [2.45, 2.75) is 37.1 Å². The lowest BCUT2D eigenvalue weighted by atomic mass is 9.97. The summed E-state index contributed by atoms with van der Waals surface area (Å²) < 4.78 is 32.9. The molecule has 8 heteroatoms. The Labute approximate surface area is 182 Å². The smallest absolute Gasteiger partial charge is 0.243 e. The van der Waals surface area contributed by atoms with Crippen molar-refractivity contribution in [3.63, 3.8) is 0 Å². The molecule has 160 valence electrons. The van der Waals surface area contributed by atoms with Gasteiger partial charge in [-0.3, -0.25) is 4.79 Å². The molecule has 0 aromatic heterocycles. The summed E-state index contributed by atoms with van der Waals surface area (Å²) in [6.45, 7) is 2.60. The van der Waals surface area contributed by atoms with E-state index in [9.17, 15) is 13.2 Å². The first-order valence-corrected chi connectivity index (χ1v) is 11.9. The van der Waals surface area contributed by atoms with E-state index in [0.717, 1.165) is 17.7 Å². The SMILES string of the molecule is COc1ccc(S(=O)(=O)N2CCC[C@@H](C(=O)N3c4ccccc4C[C@@H]3C)C2)cc1Cl. The Balaban J connectivity index is 1.56. The van der Waals surface area contributed by atoms with Crippen LogP contribution in [0.3, 0.4) is 0 Å². The van der Waals surface area contributed by atoms with Crippen molar-refractivity contribution < 1.29 is 17.9 Å². The second kappa shape index (κ2) is 8.21. The zero-order valence-electron chi connectivity index (χ0n) is 17.0. The molecule has 4 rings (SSSR count). The summed E-state index contributed by atoms with van der Waals surface area (Å²) >= 11 is 6.13. The molecule has 2 aliphatic rings. The molecule has 0 aliphatic carbocycles. The molecule has 0 spiro atoms. The van der Waals surface area contributed by atoms with Crippen LogP contribution in [0.15, 0.2) is 47.4 Å². The third-order valence-corrected chi connectivity index (χ3v) is 8.10. The van der Waals surface area contributed by atoms with Gasteiger partial charge in [0.2, 0.25) is 15.9 Å². The third-order valence-electron chi connectivity index (χ3n) is 5.94. The minimum Gasteiger partial charge on any atom is -0.495 e. The number of carbonyl (C=O) groups excluding carboxylic acids is 1. The molecule has 1 saturated heterocycles. The lowest BCUT2D eigenvalue weighted by molar-refractivity contribution is -0.123. The van der Waals surface area contributed by atoms with E-state index in [1.807, 2.05) is 36.1 Å². The lowest BCUT2D eigenvalue weighted by Crippen LogP contribution is -2.48. The Hall–Kier alpha value is -2.09. The van der Waals surface area contributed by atoms with Crippen LogP contribution in [0.2, 0.25) is 5.02 Å². The molecule has 6 nitrogen and oxygen atoms in total. The van der Waals surface area contributed by atoms with Crippen LogP contribution in [-0.2, 0) is 21.2 Å². The number of ether oxygens (including phenoxy) is 1. The molecular formula is C22H25ClN2O4S. The fourth-order valence-electron chi connectivity index (χ4n) is 4.42. The lowest BCUT2D eigenvalue weighted by Gasteiger charge is -2.34. The minimum absolute atomic E-state index is 0.000105. The standard InChI is InChI=1S/C22H25ClN2O4S/c1-15-12-16-6-3-4-8-20(16)25(15)22(26)17-7-5-11-24(14-17)30(27,28)18-9-10-21(29-2)19(23)13-18/h3-4,6,8-10,13,15,17H,5,7,11-12,14H2,1-2H3/t15-,17+/m0/s1. The van der Waals surface area contributed by atoms with Crippen molar-refractivity contribution in [1.82, 2.24) is 4.31 Å². The van der Waals surface area contributed by atoms with E-state index >= 15 is 0 Å². The Morgan fingerprint density at radius 2 is 1.97 bits per heavy atom. The molecule has 0 N–H and O–H groups in total. The number of rotatable bonds is 4. The Bertz CT molecular complexity index is 1070. The third kappa shape index (κ3) is 3.70. The monoisotopic (exact) mass is 448 g/mol. The first-order chi connectivity index (χ1) is 14.3. The summed E-state index contributed by atoms with van der Waals surface area (Å²) in [5.74, 6) is 0.0555. The first-order valence-electron chi connectivity index (χ1n) is 10.1. The van der Waals surface area contributed by atoms with Gasteiger partial charge in [0.05, 0.1) is 22.9 Å². The topological polar surface area (TPSA) is 66.9 Å². The quantitative estimate of drug-likeness (QED) is 0.714. The molecule has 2 aliphatic heterocycles. The van der Waals surface area contributed by atoms with Gasteiger partial charge < -0.3 is 9.64 Å². The molecule has 0 saturated carbocycles. The van der Waals surface area contributed by atoms with Crippen LogP contribution in [-0.4, -0.2) is 44.9 Å². The van der Waals surface area contributed by atoms with Crippen molar-refractivity contribution in [3.05, 3.63) is 53.1 Å². The molecule has 2 aromatic carbocycles. The van der Waals surface area contributed by atoms with Crippen LogP contribution in [0.25, 0.3) is 0 Å². The van der Waals surface area contributed by atoms with Crippen LogP contribution in [0.5, 0.6) is 5.75 Å². The van der Waals surface area contributed by atoms with E-state index < -0.39 is 10.0 Å². The predicted molar refractivity (Wildman–Crippen MR) is 117 cm³/mol. The molecule has 30 heavy (non-hydrogen) atoms. The number of nitrogens with zero attached hydrogens (tertiary/aromatic N) is 2. The van der Waals surface area contributed by atoms with Gasteiger partial charge in [0.25, 0.3) is 0 Å². The maximum Gasteiger partial charge on any atom is 0.243 e. The predicted octanol–water partition coefficient (Wildman–Crippen LogP) is 3.73. The normalized spacial score (nSPS) is 22.0.